The number of ketones is 1. The van der Waals surface area contributed by atoms with Crippen molar-refractivity contribution in [3.8, 4) is 5.69 Å². The molecule has 0 bridgehead atoms. The molecule has 2 aromatic heterocycles. The van der Waals surface area contributed by atoms with Crippen molar-refractivity contribution in [2.45, 2.75) is 20.8 Å². The highest BCUT2D eigenvalue weighted by Gasteiger charge is 2.10. The molecule has 2 aromatic rings. The summed E-state index contributed by atoms with van der Waals surface area (Å²) in [4.78, 5) is 15.2. The summed E-state index contributed by atoms with van der Waals surface area (Å²) in [5, 5.41) is 4.40. The van der Waals surface area contributed by atoms with Gasteiger partial charge in [-0.15, -0.1) is 0 Å². The molecule has 0 aliphatic carbocycles. The minimum atomic E-state index is -0.0360. The molecule has 88 valence electrons. The second-order valence-corrected chi connectivity index (χ2v) is 4.65. The maximum atomic E-state index is 11.1. The molecule has 0 aliphatic rings. The summed E-state index contributed by atoms with van der Waals surface area (Å²) in [7, 11) is 0. The normalized spacial score (nSPS) is 10.6. The lowest BCUT2D eigenvalue weighted by Crippen LogP contribution is -2.02. The third kappa shape index (κ3) is 2.15. The van der Waals surface area contributed by atoms with E-state index in [-0.39, 0.29) is 5.78 Å². The van der Waals surface area contributed by atoms with E-state index in [1.54, 1.807) is 16.9 Å². The number of aryl methyl sites for hydroxylation is 1. The Hall–Kier alpha value is -1.49. The Kier molecular flexibility index (Phi) is 3.11. The molecule has 0 N–H and O–H groups in total. The van der Waals surface area contributed by atoms with Crippen LogP contribution in [-0.2, 0) is 0 Å². The molecule has 17 heavy (non-hydrogen) atoms. The van der Waals surface area contributed by atoms with Gasteiger partial charge >= 0.3 is 0 Å². The first-order valence-corrected chi connectivity index (χ1v) is 5.99. The summed E-state index contributed by atoms with van der Waals surface area (Å²) in [6, 6.07) is 3.55. The summed E-state index contributed by atoms with van der Waals surface area (Å²) in [5.74, 6) is -0.0360. The van der Waals surface area contributed by atoms with Gasteiger partial charge in [0, 0.05) is 6.92 Å². The summed E-state index contributed by atoms with van der Waals surface area (Å²) in [6.45, 7) is 5.41. The predicted molar refractivity (Wildman–Crippen MR) is 68.5 cm³/mol. The van der Waals surface area contributed by atoms with Crippen molar-refractivity contribution in [1.29, 1.82) is 0 Å². The highest BCUT2D eigenvalue weighted by atomic mass is 79.9. The van der Waals surface area contributed by atoms with Crippen LogP contribution >= 0.6 is 15.9 Å². The Bertz CT molecular complexity index is 572. The molecule has 0 radical (unpaired) electrons. The van der Waals surface area contributed by atoms with E-state index in [0.717, 1.165) is 21.5 Å². The molecule has 0 spiro atoms. The zero-order chi connectivity index (χ0) is 12.6. The monoisotopic (exact) mass is 293 g/mol. The second-order valence-electron chi connectivity index (χ2n) is 3.85. The summed E-state index contributed by atoms with van der Waals surface area (Å²) in [5.41, 5.74) is 3.26. The van der Waals surface area contributed by atoms with Gasteiger partial charge in [-0.3, -0.25) is 9.78 Å². The maximum absolute atomic E-state index is 11.1. The molecule has 0 saturated carbocycles. The van der Waals surface area contributed by atoms with Crippen LogP contribution in [0.5, 0.6) is 0 Å². The van der Waals surface area contributed by atoms with Gasteiger partial charge in [0.05, 0.1) is 27.7 Å². The zero-order valence-corrected chi connectivity index (χ0v) is 11.4. The Morgan fingerprint density at radius 2 is 2.06 bits per heavy atom. The molecule has 0 amide bonds. The molecule has 0 saturated heterocycles. The van der Waals surface area contributed by atoms with Crippen LogP contribution in [0.3, 0.4) is 0 Å². The highest BCUT2D eigenvalue weighted by Crippen LogP contribution is 2.22. The van der Waals surface area contributed by atoms with E-state index in [2.05, 4.69) is 26.0 Å². The van der Waals surface area contributed by atoms with Gasteiger partial charge in [-0.2, -0.15) is 5.10 Å². The average molecular weight is 294 g/mol. The number of carbonyl (C=O) groups is 1. The first-order valence-electron chi connectivity index (χ1n) is 5.20. The summed E-state index contributed by atoms with van der Waals surface area (Å²) in [6.07, 6.45) is 1.66. The van der Waals surface area contributed by atoms with Gasteiger partial charge in [0.2, 0.25) is 0 Å². The van der Waals surface area contributed by atoms with Crippen LogP contribution in [0, 0.1) is 13.8 Å². The van der Waals surface area contributed by atoms with Crippen molar-refractivity contribution in [2.24, 2.45) is 0 Å². The zero-order valence-electron chi connectivity index (χ0n) is 9.86. The van der Waals surface area contributed by atoms with E-state index >= 15 is 0 Å². The topological polar surface area (TPSA) is 47.8 Å². The van der Waals surface area contributed by atoms with Crippen LogP contribution in [0.25, 0.3) is 5.69 Å². The summed E-state index contributed by atoms with van der Waals surface area (Å²) >= 11 is 3.48. The molecule has 0 fully saturated rings. The van der Waals surface area contributed by atoms with Crippen LogP contribution < -0.4 is 0 Å². The fourth-order valence-corrected chi connectivity index (χ4v) is 1.84. The van der Waals surface area contributed by atoms with Gasteiger partial charge in [0.1, 0.15) is 5.69 Å². The SMILES string of the molecule is CC(=O)c1ccc(-n2nc(C)c(Br)c2C)cn1. The first kappa shape index (κ1) is 12.0. The number of halogens is 1. The minimum Gasteiger partial charge on any atom is -0.293 e. The standard InChI is InChI=1S/C12H12BrN3O/c1-7-12(13)8(2)16(15-7)10-4-5-11(9(3)17)14-6-10/h4-6H,1-3H3. The van der Waals surface area contributed by atoms with Crippen LogP contribution in [0.4, 0.5) is 0 Å². The van der Waals surface area contributed by atoms with Gasteiger partial charge in [-0.1, -0.05) is 0 Å². The van der Waals surface area contributed by atoms with E-state index < -0.39 is 0 Å². The molecule has 0 aliphatic heterocycles. The number of rotatable bonds is 2. The first-order chi connectivity index (χ1) is 8.00. The van der Waals surface area contributed by atoms with Crippen LogP contribution in [0.2, 0.25) is 0 Å². The molecule has 2 heterocycles. The van der Waals surface area contributed by atoms with Crippen LogP contribution in [0.15, 0.2) is 22.8 Å². The predicted octanol–water partition coefficient (Wildman–Crippen LogP) is 2.85. The molecule has 5 heteroatoms. The Morgan fingerprint density at radius 1 is 1.35 bits per heavy atom. The highest BCUT2D eigenvalue weighted by molar-refractivity contribution is 9.10. The van der Waals surface area contributed by atoms with Gasteiger partial charge in [0.25, 0.3) is 0 Å². The lowest BCUT2D eigenvalue weighted by atomic mass is 10.2. The largest absolute Gasteiger partial charge is 0.293 e. The third-order valence-electron chi connectivity index (χ3n) is 2.56. The van der Waals surface area contributed by atoms with E-state index in [9.17, 15) is 4.79 Å². The third-order valence-corrected chi connectivity index (χ3v) is 3.70. The molecule has 0 aromatic carbocycles. The Balaban J connectivity index is 2.47. The van der Waals surface area contributed by atoms with Crippen LogP contribution in [-0.4, -0.2) is 20.5 Å². The van der Waals surface area contributed by atoms with Gasteiger partial charge < -0.3 is 0 Å². The number of Topliss-reactive ketones (excluding diaryl/α,β-unsaturated/α-hetero) is 1. The number of hydrogen-bond donors (Lipinski definition) is 0. The lowest BCUT2D eigenvalue weighted by molar-refractivity contribution is 0.101. The number of hydrogen-bond acceptors (Lipinski definition) is 3. The summed E-state index contributed by atoms with van der Waals surface area (Å²) < 4.78 is 2.80. The number of carbonyl (C=O) groups excluding carboxylic acids is 1. The molecule has 0 atom stereocenters. The van der Waals surface area contributed by atoms with Crippen molar-refractivity contribution < 1.29 is 4.79 Å². The van der Waals surface area contributed by atoms with Crippen molar-refractivity contribution in [1.82, 2.24) is 14.8 Å². The van der Waals surface area contributed by atoms with Gasteiger partial charge in [-0.25, -0.2) is 4.68 Å². The Morgan fingerprint density at radius 3 is 2.47 bits per heavy atom. The smallest absolute Gasteiger partial charge is 0.178 e. The van der Waals surface area contributed by atoms with Crippen molar-refractivity contribution in [3.63, 3.8) is 0 Å². The fourth-order valence-electron chi connectivity index (χ4n) is 1.59. The van der Waals surface area contributed by atoms with E-state index in [1.807, 2.05) is 19.9 Å². The van der Waals surface area contributed by atoms with E-state index in [4.69, 9.17) is 0 Å². The molecular weight excluding hydrogens is 282 g/mol. The lowest BCUT2D eigenvalue weighted by Gasteiger charge is -2.04. The quantitative estimate of drug-likeness (QED) is 0.800. The maximum Gasteiger partial charge on any atom is 0.178 e. The van der Waals surface area contributed by atoms with Crippen molar-refractivity contribution in [3.05, 3.63) is 39.9 Å². The Labute approximate surface area is 108 Å². The van der Waals surface area contributed by atoms with Crippen molar-refractivity contribution >= 4 is 21.7 Å². The number of aromatic nitrogens is 3. The van der Waals surface area contributed by atoms with Crippen molar-refractivity contribution in [2.75, 3.05) is 0 Å². The molecule has 0 unspecified atom stereocenters. The molecule has 2 rings (SSSR count). The van der Waals surface area contributed by atoms with Gasteiger partial charge in [-0.05, 0) is 41.9 Å². The van der Waals surface area contributed by atoms with E-state index in [1.165, 1.54) is 6.92 Å². The second kappa shape index (κ2) is 4.41. The van der Waals surface area contributed by atoms with Gasteiger partial charge in [0.15, 0.2) is 5.78 Å². The number of pyridine rings is 1. The van der Waals surface area contributed by atoms with Crippen LogP contribution in [0.1, 0.15) is 28.8 Å². The van der Waals surface area contributed by atoms with E-state index in [0.29, 0.717) is 5.69 Å². The fraction of sp³-hybridized carbons (Fsp3) is 0.250. The molecule has 4 nitrogen and oxygen atoms in total. The number of nitrogens with zero attached hydrogens (tertiary/aromatic N) is 3. The molecular formula is C12H12BrN3O. The minimum absolute atomic E-state index is 0.0360. The average Bonchev–Trinajstić information content (AvgIpc) is 2.57.